The highest BCUT2D eigenvalue weighted by Gasteiger charge is 2.14. The predicted octanol–water partition coefficient (Wildman–Crippen LogP) is 3.70. The Morgan fingerprint density at radius 2 is 1.71 bits per heavy atom. The first-order chi connectivity index (χ1) is 9.92. The summed E-state index contributed by atoms with van der Waals surface area (Å²) in [6.07, 6.45) is 4.78. The average molecular weight is 288 g/mol. The van der Waals surface area contributed by atoms with Crippen LogP contribution in [0.2, 0.25) is 0 Å². The zero-order valence-corrected chi connectivity index (χ0v) is 13.6. The third kappa shape index (κ3) is 5.88. The molecule has 1 aliphatic heterocycles. The Hall–Kier alpha value is -1.35. The second-order valence-electron chi connectivity index (χ2n) is 7.32. The number of carbonyl (C=O) groups excluding carboxylic acids is 1. The van der Waals surface area contributed by atoms with Gasteiger partial charge in [0, 0.05) is 5.69 Å². The van der Waals surface area contributed by atoms with Crippen LogP contribution in [0.25, 0.3) is 0 Å². The highest BCUT2D eigenvalue weighted by molar-refractivity contribution is 5.92. The summed E-state index contributed by atoms with van der Waals surface area (Å²) in [7, 11) is 0. The van der Waals surface area contributed by atoms with Crippen LogP contribution in [-0.2, 0) is 11.2 Å². The Morgan fingerprint density at radius 3 is 2.29 bits per heavy atom. The third-order valence-electron chi connectivity index (χ3n) is 3.79. The fraction of sp³-hybridized carbons (Fsp3) is 0.611. The average Bonchev–Trinajstić information content (AvgIpc) is 2.40. The molecule has 1 heterocycles. The molecule has 1 aromatic carbocycles. The van der Waals surface area contributed by atoms with E-state index in [9.17, 15) is 4.79 Å². The fourth-order valence-corrected chi connectivity index (χ4v) is 2.84. The second-order valence-corrected chi connectivity index (χ2v) is 7.32. The minimum absolute atomic E-state index is 0.0977. The summed E-state index contributed by atoms with van der Waals surface area (Å²) in [5.74, 6) is 0.0977. The van der Waals surface area contributed by atoms with E-state index in [2.05, 4.69) is 43.1 Å². The standard InChI is InChI=1S/C18H28N2O/c1-18(2,3)13-15-7-9-16(10-8-15)19-17(21)14-20-11-5-4-6-12-20/h7-10H,4-6,11-14H2,1-3H3,(H,19,21). The number of piperidine rings is 1. The molecule has 3 nitrogen and oxygen atoms in total. The maximum Gasteiger partial charge on any atom is 0.238 e. The number of amides is 1. The molecular formula is C18H28N2O. The molecule has 1 aromatic rings. The predicted molar refractivity (Wildman–Crippen MR) is 88.5 cm³/mol. The molecule has 0 aromatic heterocycles. The van der Waals surface area contributed by atoms with Gasteiger partial charge in [0.15, 0.2) is 0 Å². The van der Waals surface area contributed by atoms with Gasteiger partial charge in [-0.1, -0.05) is 39.3 Å². The van der Waals surface area contributed by atoms with Crippen molar-refractivity contribution in [3.63, 3.8) is 0 Å². The van der Waals surface area contributed by atoms with E-state index in [-0.39, 0.29) is 5.91 Å². The van der Waals surface area contributed by atoms with Gasteiger partial charge in [0.1, 0.15) is 0 Å². The number of rotatable bonds is 4. The molecule has 1 N–H and O–H groups in total. The molecule has 0 saturated carbocycles. The van der Waals surface area contributed by atoms with Crippen LogP contribution in [-0.4, -0.2) is 30.4 Å². The fourth-order valence-electron chi connectivity index (χ4n) is 2.84. The third-order valence-corrected chi connectivity index (χ3v) is 3.79. The van der Waals surface area contributed by atoms with Gasteiger partial charge in [0.25, 0.3) is 0 Å². The molecule has 1 fully saturated rings. The van der Waals surface area contributed by atoms with E-state index in [1.54, 1.807) is 0 Å². The maximum absolute atomic E-state index is 12.0. The summed E-state index contributed by atoms with van der Waals surface area (Å²) < 4.78 is 0. The van der Waals surface area contributed by atoms with Crippen molar-refractivity contribution < 1.29 is 4.79 Å². The minimum atomic E-state index is 0.0977. The molecule has 116 valence electrons. The number of benzene rings is 1. The zero-order chi connectivity index (χ0) is 15.3. The summed E-state index contributed by atoms with van der Waals surface area (Å²) >= 11 is 0. The van der Waals surface area contributed by atoms with E-state index in [0.717, 1.165) is 25.2 Å². The monoisotopic (exact) mass is 288 g/mol. The van der Waals surface area contributed by atoms with Gasteiger partial charge in [0.2, 0.25) is 5.91 Å². The molecule has 1 aliphatic rings. The van der Waals surface area contributed by atoms with Crippen molar-refractivity contribution in [2.75, 3.05) is 25.0 Å². The van der Waals surface area contributed by atoms with Gasteiger partial charge in [-0.15, -0.1) is 0 Å². The molecule has 2 rings (SSSR count). The topological polar surface area (TPSA) is 32.3 Å². The van der Waals surface area contributed by atoms with Crippen LogP contribution in [0.1, 0.15) is 45.6 Å². The SMILES string of the molecule is CC(C)(C)Cc1ccc(NC(=O)CN2CCCCC2)cc1. The maximum atomic E-state index is 12.0. The second kappa shape index (κ2) is 7.08. The largest absolute Gasteiger partial charge is 0.325 e. The minimum Gasteiger partial charge on any atom is -0.325 e. The van der Waals surface area contributed by atoms with Gasteiger partial charge in [0.05, 0.1) is 6.54 Å². The zero-order valence-electron chi connectivity index (χ0n) is 13.6. The lowest BCUT2D eigenvalue weighted by Crippen LogP contribution is -2.36. The van der Waals surface area contributed by atoms with Crippen LogP contribution in [0.4, 0.5) is 5.69 Å². The number of nitrogens with one attached hydrogen (secondary N) is 1. The Bertz CT molecular complexity index is 453. The number of likely N-dealkylation sites (tertiary alicyclic amines) is 1. The molecule has 0 bridgehead atoms. The number of carbonyl (C=O) groups is 1. The lowest BCUT2D eigenvalue weighted by Gasteiger charge is -2.25. The highest BCUT2D eigenvalue weighted by atomic mass is 16.2. The van der Waals surface area contributed by atoms with Crippen molar-refractivity contribution in [3.05, 3.63) is 29.8 Å². The van der Waals surface area contributed by atoms with E-state index in [0.29, 0.717) is 12.0 Å². The van der Waals surface area contributed by atoms with E-state index in [1.807, 2.05) is 12.1 Å². The summed E-state index contributed by atoms with van der Waals surface area (Å²) in [5.41, 5.74) is 2.50. The van der Waals surface area contributed by atoms with Crippen LogP contribution < -0.4 is 5.32 Å². The molecule has 0 atom stereocenters. The summed E-state index contributed by atoms with van der Waals surface area (Å²) in [6, 6.07) is 8.24. The van der Waals surface area contributed by atoms with Crippen LogP contribution in [0, 0.1) is 5.41 Å². The lowest BCUT2D eigenvalue weighted by molar-refractivity contribution is -0.117. The Labute approximate surface area is 128 Å². The molecule has 1 saturated heterocycles. The molecule has 0 unspecified atom stereocenters. The number of hydrogen-bond acceptors (Lipinski definition) is 2. The van der Waals surface area contributed by atoms with Crippen LogP contribution >= 0.6 is 0 Å². The quantitative estimate of drug-likeness (QED) is 0.916. The van der Waals surface area contributed by atoms with Gasteiger partial charge in [-0.25, -0.2) is 0 Å². The smallest absolute Gasteiger partial charge is 0.238 e. The van der Waals surface area contributed by atoms with Gasteiger partial charge < -0.3 is 5.32 Å². The molecule has 0 aliphatic carbocycles. The normalized spacial score (nSPS) is 16.7. The van der Waals surface area contributed by atoms with Crippen molar-refractivity contribution in [1.82, 2.24) is 4.90 Å². The summed E-state index contributed by atoms with van der Waals surface area (Å²) in [6.45, 7) is 9.34. The Kier molecular flexibility index (Phi) is 5.40. The van der Waals surface area contributed by atoms with Crippen LogP contribution in [0.5, 0.6) is 0 Å². The van der Waals surface area contributed by atoms with E-state index in [1.165, 1.54) is 24.8 Å². The van der Waals surface area contributed by atoms with Crippen molar-refractivity contribution in [2.24, 2.45) is 5.41 Å². The lowest BCUT2D eigenvalue weighted by atomic mass is 9.88. The van der Waals surface area contributed by atoms with Gasteiger partial charge in [-0.2, -0.15) is 0 Å². The first-order valence-corrected chi connectivity index (χ1v) is 8.03. The molecule has 0 radical (unpaired) electrons. The molecule has 0 spiro atoms. The van der Waals surface area contributed by atoms with Crippen LogP contribution in [0.15, 0.2) is 24.3 Å². The molecule has 21 heavy (non-hydrogen) atoms. The number of anilines is 1. The van der Waals surface area contributed by atoms with Crippen molar-refractivity contribution in [1.29, 1.82) is 0 Å². The molecule has 1 amide bonds. The highest BCUT2D eigenvalue weighted by Crippen LogP contribution is 2.21. The Balaban J connectivity index is 1.83. The number of hydrogen-bond donors (Lipinski definition) is 1. The van der Waals surface area contributed by atoms with Crippen molar-refractivity contribution in [2.45, 2.75) is 46.5 Å². The molecule has 3 heteroatoms. The van der Waals surface area contributed by atoms with Gasteiger partial charge >= 0.3 is 0 Å². The van der Waals surface area contributed by atoms with E-state index >= 15 is 0 Å². The van der Waals surface area contributed by atoms with Crippen LogP contribution in [0.3, 0.4) is 0 Å². The summed E-state index contributed by atoms with van der Waals surface area (Å²) in [4.78, 5) is 14.3. The molecular weight excluding hydrogens is 260 g/mol. The number of nitrogens with zero attached hydrogens (tertiary/aromatic N) is 1. The van der Waals surface area contributed by atoms with Gasteiger partial charge in [-0.3, -0.25) is 9.69 Å². The van der Waals surface area contributed by atoms with Crippen molar-refractivity contribution >= 4 is 11.6 Å². The Morgan fingerprint density at radius 1 is 1.10 bits per heavy atom. The first-order valence-electron chi connectivity index (χ1n) is 8.03. The first kappa shape index (κ1) is 16.0. The summed E-state index contributed by atoms with van der Waals surface area (Å²) in [5, 5.41) is 3.00. The van der Waals surface area contributed by atoms with E-state index in [4.69, 9.17) is 0 Å². The van der Waals surface area contributed by atoms with Gasteiger partial charge in [-0.05, 0) is 55.5 Å². The van der Waals surface area contributed by atoms with E-state index < -0.39 is 0 Å². The van der Waals surface area contributed by atoms with Crippen molar-refractivity contribution in [3.8, 4) is 0 Å².